The van der Waals surface area contributed by atoms with E-state index >= 15 is 0 Å². The largest absolute Gasteiger partial charge is 0.501 e. The molecular weight excluding hydrogens is 316 g/mol. The van der Waals surface area contributed by atoms with Crippen molar-refractivity contribution in [3.05, 3.63) is 29.3 Å². The number of alkyl halides is 4. The summed E-state index contributed by atoms with van der Waals surface area (Å²) in [5, 5.41) is 0. The molecule has 0 N–H and O–H groups in total. The predicted molar refractivity (Wildman–Crippen MR) is 61.9 cm³/mol. The Balaban J connectivity index is 2.27. The van der Waals surface area contributed by atoms with Crippen LogP contribution in [0.4, 0.5) is 17.6 Å². The first kappa shape index (κ1) is 14.7. The van der Waals surface area contributed by atoms with Crippen LogP contribution in [0.15, 0.2) is 23.1 Å². The molecule has 1 heterocycles. The van der Waals surface area contributed by atoms with Crippen LogP contribution in [-0.4, -0.2) is 33.3 Å². The van der Waals surface area contributed by atoms with Gasteiger partial charge in [0.15, 0.2) is 6.17 Å². The molecule has 1 aromatic rings. The fourth-order valence-electron chi connectivity index (χ4n) is 2.73. The third-order valence-corrected chi connectivity index (χ3v) is 5.11. The van der Waals surface area contributed by atoms with Crippen LogP contribution in [0.2, 0.25) is 0 Å². The molecule has 3 rings (SSSR count). The minimum atomic E-state index is -5.62. The van der Waals surface area contributed by atoms with Crippen LogP contribution in [0.1, 0.15) is 11.1 Å². The van der Waals surface area contributed by atoms with Crippen LogP contribution < -0.4 is 0 Å². The summed E-state index contributed by atoms with van der Waals surface area (Å²) in [5.74, 6) is -2.05. The van der Waals surface area contributed by atoms with Gasteiger partial charge in [-0.3, -0.25) is 0 Å². The number of hydrogen-bond donors (Lipinski definition) is 0. The van der Waals surface area contributed by atoms with Crippen molar-refractivity contribution < 1.29 is 35.5 Å². The Kier molecular flexibility index (Phi) is 3.09. The van der Waals surface area contributed by atoms with Gasteiger partial charge in [0.25, 0.3) is 9.84 Å². The zero-order valence-electron chi connectivity index (χ0n) is 10.5. The fraction of sp³-hybridized carbons (Fsp3) is 0.500. The Bertz CT molecular complexity index is 677. The molecular formula is C12H10F4O4S. The average Bonchev–Trinajstić information content (AvgIpc) is 2.96. The molecule has 1 aliphatic carbocycles. The monoisotopic (exact) mass is 326 g/mol. The summed E-state index contributed by atoms with van der Waals surface area (Å²) in [6, 6.07) is 3.32. The van der Waals surface area contributed by atoms with E-state index in [1.165, 1.54) is 6.07 Å². The highest BCUT2D eigenvalue weighted by Crippen LogP contribution is 2.49. The van der Waals surface area contributed by atoms with Gasteiger partial charge in [-0.2, -0.15) is 13.2 Å². The second kappa shape index (κ2) is 4.40. The summed E-state index contributed by atoms with van der Waals surface area (Å²) in [4.78, 5) is -1.01. The molecule has 1 spiro atoms. The molecule has 4 nitrogen and oxygen atoms in total. The number of ether oxygens (including phenoxy) is 2. The van der Waals surface area contributed by atoms with Crippen LogP contribution in [0.3, 0.4) is 0 Å². The maximum atomic E-state index is 14.2. The molecule has 0 amide bonds. The third kappa shape index (κ3) is 1.91. The zero-order chi connectivity index (χ0) is 15.5. The van der Waals surface area contributed by atoms with Gasteiger partial charge in [-0.25, -0.2) is 12.8 Å². The second-order valence-corrected chi connectivity index (χ2v) is 6.69. The molecule has 0 saturated carbocycles. The van der Waals surface area contributed by atoms with Crippen molar-refractivity contribution in [1.82, 2.24) is 0 Å². The van der Waals surface area contributed by atoms with Gasteiger partial charge in [-0.05, 0) is 11.6 Å². The summed E-state index contributed by atoms with van der Waals surface area (Å²) in [6.07, 6.45) is -2.00. The second-order valence-electron chi connectivity index (χ2n) is 4.78. The Labute approximate surface area is 117 Å². The molecule has 1 unspecified atom stereocenters. The zero-order valence-corrected chi connectivity index (χ0v) is 11.3. The van der Waals surface area contributed by atoms with Gasteiger partial charge in [0.1, 0.15) is 0 Å². The lowest BCUT2D eigenvalue weighted by Gasteiger charge is -2.27. The highest BCUT2D eigenvalue weighted by molar-refractivity contribution is 7.92. The lowest BCUT2D eigenvalue weighted by molar-refractivity contribution is -0.202. The lowest BCUT2D eigenvalue weighted by Crippen LogP contribution is -2.36. The maximum Gasteiger partial charge on any atom is 0.501 e. The molecule has 0 bridgehead atoms. The molecule has 1 saturated heterocycles. The Hall–Kier alpha value is -1.19. The summed E-state index contributed by atoms with van der Waals surface area (Å²) in [7, 11) is -5.62. The van der Waals surface area contributed by atoms with Crippen LogP contribution in [0, 0.1) is 0 Å². The first-order valence-corrected chi connectivity index (χ1v) is 7.54. The lowest BCUT2D eigenvalue weighted by atomic mass is 10.1. The SMILES string of the molecule is O=S(=O)(c1cccc2c1C1(OCCO1)C(F)C2)C(F)(F)F. The van der Waals surface area contributed by atoms with E-state index in [0.29, 0.717) is 0 Å². The Morgan fingerprint density at radius 3 is 2.38 bits per heavy atom. The fourth-order valence-corrected chi connectivity index (χ4v) is 3.78. The number of benzene rings is 1. The van der Waals surface area contributed by atoms with E-state index in [-0.39, 0.29) is 30.8 Å². The molecule has 1 fully saturated rings. The molecule has 1 atom stereocenters. The van der Waals surface area contributed by atoms with Crippen molar-refractivity contribution >= 4 is 9.84 Å². The molecule has 0 radical (unpaired) electrons. The molecule has 9 heteroatoms. The van der Waals surface area contributed by atoms with E-state index in [9.17, 15) is 26.0 Å². The molecule has 1 aromatic carbocycles. The first-order valence-electron chi connectivity index (χ1n) is 6.06. The molecule has 21 heavy (non-hydrogen) atoms. The van der Waals surface area contributed by atoms with E-state index in [2.05, 4.69) is 0 Å². The topological polar surface area (TPSA) is 52.6 Å². The van der Waals surface area contributed by atoms with Crippen molar-refractivity contribution in [3.63, 3.8) is 0 Å². The summed E-state index contributed by atoms with van der Waals surface area (Å²) in [6.45, 7) is -0.0273. The van der Waals surface area contributed by atoms with Crippen molar-refractivity contribution in [1.29, 1.82) is 0 Å². The number of hydrogen-bond acceptors (Lipinski definition) is 4. The van der Waals surface area contributed by atoms with Gasteiger partial charge in [0.2, 0.25) is 5.79 Å². The quantitative estimate of drug-likeness (QED) is 0.742. The molecule has 1 aliphatic heterocycles. The summed E-state index contributed by atoms with van der Waals surface area (Å²) in [5.41, 5.74) is -5.70. The van der Waals surface area contributed by atoms with Gasteiger partial charge >= 0.3 is 5.51 Å². The third-order valence-electron chi connectivity index (χ3n) is 3.58. The van der Waals surface area contributed by atoms with E-state index in [1.54, 1.807) is 0 Å². The first-order chi connectivity index (χ1) is 9.70. The van der Waals surface area contributed by atoms with Crippen molar-refractivity contribution in [2.45, 2.75) is 28.8 Å². The summed E-state index contributed by atoms with van der Waals surface area (Å²) < 4.78 is 86.3. The number of rotatable bonds is 1. The standard InChI is InChI=1S/C12H10F4O4S/c13-9-6-7-2-1-3-8(21(17,18)12(14,15)16)10(7)11(9)19-4-5-20-11/h1-3,9H,4-6H2. The van der Waals surface area contributed by atoms with E-state index in [1.807, 2.05) is 0 Å². The van der Waals surface area contributed by atoms with Crippen LogP contribution in [0.5, 0.6) is 0 Å². The van der Waals surface area contributed by atoms with Crippen molar-refractivity contribution in [3.8, 4) is 0 Å². The van der Waals surface area contributed by atoms with Gasteiger partial charge in [-0.1, -0.05) is 12.1 Å². The number of halogens is 4. The summed E-state index contributed by atoms with van der Waals surface area (Å²) >= 11 is 0. The minimum absolute atomic E-state index is 0.0136. The average molecular weight is 326 g/mol. The highest BCUT2D eigenvalue weighted by atomic mass is 32.2. The number of fused-ring (bicyclic) bond motifs is 2. The number of sulfone groups is 1. The highest BCUT2D eigenvalue weighted by Gasteiger charge is 2.58. The molecule has 2 aliphatic rings. The van der Waals surface area contributed by atoms with E-state index in [0.717, 1.165) is 12.1 Å². The normalized spacial score (nSPS) is 24.5. The van der Waals surface area contributed by atoms with Crippen molar-refractivity contribution in [2.24, 2.45) is 0 Å². The van der Waals surface area contributed by atoms with E-state index < -0.39 is 32.2 Å². The Morgan fingerprint density at radius 1 is 1.19 bits per heavy atom. The predicted octanol–water partition coefficient (Wildman–Crippen LogP) is 2.07. The van der Waals surface area contributed by atoms with Crippen LogP contribution in [-0.2, 0) is 31.5 Å². The van der Waals surface area contributed by atoms with E-state index in [4.69, 9.17) is 9.47 Å². The molecule has 116 valence electrons. The van der Waals surface area contributed by atoms with Gasteiger partial charge in [-0.15, -0.1) is 0 Å². The molecule has 0 aromatic heterocycles. The Morgan fingerprint density at radius 2 is 1.81 bits per heavy atom. The van der Waals surface area contributed by atoms with Gasteiger partial charge < -0.3 is 9.47 Å². The smallest absolute Gasteiger partial charge is 0.341 e. The van der Waals surface area contributed by atoms with Crippen molar-refractivity contribution in [2.75, 3.05) is 13.2 Å². The van der Waals surface area contributed by atoms with Gasteiger partial charge in [0.05, 0.1) is 18.1 Å². The maximum absolute atomic E-state index is 14.2. The van der Waals surface area contributed by atoms with Crippen LogP contribution >= 0.6 is 0 Å². The van der Waals surface area contributed by atoms with Crippen LogP contribution in [0.25, 0.3) is 0 Å². The van der Waals surface area contributed by atoms with Gasteiger partial charge in [0, 0.05) is 12.0 Å². The minimum Gasteiger partial charge on any atom is -0.341 e.